The summed E-state index contributed by atoms with van der Waals surface area (Å²) in [4.78, 5) is 0. The Morgan fingerprint density at radius 2 is 1.84 bits per heavy atom. The van der Waals surface area contributed by atoms with Crippen molar-refractivity contribution in [1.82, 2.24) is 5.32 Å². The Bertz CT molecular complexity index is 302. The maximum atomic E-state index is 10.7. The molecule has 2 rings (SSSR count). The second-order valence-electron chi connectivity index (χ2n) is 8.42. The van der Waals surface area contributed by atoms with Gasteiger partial charge < -0.3 is 10.4 Å². The molecule has 0 spiro atoms. The van der Waals surface area contributed by atoms with Crippen molar-refractivity contribution in [3.05, 3.63) is 0 Å². The van der Waals surface area contributed by atoms with Crippen LogP contribution >= 0.6 is 0 Å². The predicted molar refractivity (Wildman–Crippen MR) is 81.2 cm³/mol. The summed E-state index contributed by atoms with van der Waals surface area (Å²) < 4.78 is 0. The van der Waals surface area contributed by atoms with Crippen LogP contribution in [-0.4, -0.2) is 23.3 Å². The SMILES string of the molecule is CC1CC(NCC2(O)CCCC(C)C2)CC(C)(C)C1. The van der Waals surface area contributed by atoms with Gasteiger partial charge in [-0.05, 0) is 49.4 Å². The molecule has 0 saturated heterocycles. The van der Waals surface area contributed by atoms with Crippen LogP contribution in [0.5, 0.6) is 0 Å². The third kappa shape index (κ3) is 4.46. The summed E-state index contributed by atoms with van der Waals surface area (Å²) in [5, 5.41) is 14.4. The Kier molecular flexibility index (Phi) is 4.62. The largest absolute Gasteiger partial charge is 0.389 e. The summed E-state index contributed by atoms with van der Waals surface area (Å²) in [6.45, 7) is 10.2. The van der Waals surface area contributed by atoms with Gasteiger partial charge in [-0.15, -0.1) is 0 Å². The molecule has 0 aromatic heterocycles. The molecule has 0 aliphatic heterocycles. The van der Waals surface area contributed by atoms with E-state index in [9.17, 15) is 5.11 Å². The molecule has 2 aliphatic rings. The fourth-order valence-electron chi connectivity index (χ4n) is 4.63. The standard InChI is InChI=1S/C17H33NO/c1-13-6-5-7-17(19,10-13)12-18-15-8-14(2)9-16(3,4)11-15/h13-15,18-19H,5-12H2,1-4H3. The maximum absolute atomic E-state index is 10.7. The van der Waals surface area contributed by atoms with E-state index < -0.39 is 5.60 Å². The summed E-state index contributed by atoms with van der Waals surface area (Å²) in [5.74, 6) is 1.49. The highest BCUT2D eigenvalue weighted by Gasteiger charge is 2.36. The minimum absolute atomic E-state index is 0.442. The molecule has 2 fully saturated rings. The number of nitrogens with one attached hydrogen (secondary N) is 1. The lowest BCUT2D eigenvalue weighted by Crippen LogP contribution is -2.49. The van der Waals surface area contributed by atoms with Crippen LogP contribution in [0.4, 0.5) is 0 Å². The van der Waals surface area contributed by atoms with E-state index >= 15 is 0 Å². The minimum atomic E-state index is -0.442. The van der Waals surface area contributed by atoms with E-state index in [1.165, 1.54) is 32.1 Å². The molecule has 0 aromatic rings. The van der Waals surface area contributed by atoms with Crippen LogP contribution in [0.1, 0.15) is 72.6 Å². The average Bonchev–Trinajstić information content (AvgIpc) is 2.23. The van der Waals surface area contributed by atoms with Crippen LogP contribution < -0.4 is 5.32 Å². The van der Waals surface area contributed by atoms with Crippen LogP contribution in [0.15, 0.2) is 0 Å². The van der Waals surface area contributed by atoms with Crippen molar-refractivity contribution >= 4 is 0 Å². The average molecular weight is 267 g/mol. The molecule has 0 radical (unpaired) electrons. The monoisotopic (exact) mass is 267 g/mol. The first-order chi connectivity index (χ1) is 8.78. The molecule has 0 amide bonds. The van der Waals surface area contributed by atoms with Gasteiger partial charge in [0.25, 0.3) is 0 Å². The second kappa shape index (κ2) is 5.73. The number of hydrogen-bond acceptors (Lipinski definition) is 2. The summed E-state index contributed by atoms with van der Waals surface area (Å²) >= 11 is 0. The first kappa shape index (κ1) is 15.3. The van der Waals surface area contributed by atoms with Gasteiger partial charge in [-0.3, -0.25) is 0 Å². The summed E-state index contributed by atoms with van der Waals surface area (Å²) in [7, 11) is 0. The van der Waals surface area contributed by atoms with Crippen molar-refractivity contribution in [1.29, 1.82) is 0 Å². The molecule has 19 heavy (non-hydrogen) atoms. The van der Waals surface area contributed by atoms with E-state index in [4.69, 9.17) is 0 Å². The van der Waals surface area contributed by atoms with Gasteiger partial charge in [0, 0.05) is 12.6 Å². The molecule has 0 aromatic carbocycles. The van der Waals surface area contributed by atoms with Crippen molar-refractivity contribution < 1.29 is 5.11 Å². The molecule has 4 atom stereocenters. The molecule has 112 valence electrons. The quantitative estimate of drug-likeness (QED) is 0.816. The molecule has 2 saturated carbocycles. The van der Waals surface area contributed by atoms with Crippen LogP contribution in [0.25, 0.3) is 0 Å². The van der Waals surface area contributed by atoms with Crippen molar-refractivity contribution in [2.75, 3.05) is 6.54 Å². The van der Waals surface area contributed by atoms with Crippen molar-refractivity contribution in [2.24, 2.45) is 17.3 Å². The molecule has 2 aliphatic carbocycles. The molecular weight excluding hydrogens is 234 g/mol. The van der Waals surface area contributed by atoms with Gasteiger partial charge in [-0.1, -0.05) is 40.5 Å². The Hall–Kier alpha value is -0.0800. The van der Waals surface area contributed by atoms with E-state index in [2.05, 4.69) is 33.0 Å². The van der Waals surface area contributed by atoms with Gasteiger partial charge in [0.1, 0.15) is 0 Å². The van der Waals surface area contributed by atoms with Gasteiger partial charge in [0.2, 0.25) is 0 Å². The van der Waals surface area contributed by atoms with Gasteiger partial charge in [0.15, 0.2) is 0 Å². The molecule has 0 bridgehead atoms. The fraction of sp³-hybridized carbons (Fsp3) is 1.00. The molecule has 0 heterocycles. The highest BCUT2D eigenvalue weighted by Crippen LogP contribution is 2.39. The molecule has 2 heteroatoms. The lowest BCUT2D eigenvalue weighted by molar-refractivity contribution is -0.0170. The number of rotatable bonds is 3. The van der Waals surface area contributed by atoms with Gasteiger partial charge in [-0.2, -0.15) is 0 Å². The first-order valence-electron chi connectivity index (χ1n) is 8.24. The Morgan fingerprint density at radius 3 is 2.47 bits per heavy atom. The smallest absolute Gasteiger partial charge is 0.0774 e. The van der Waals surface area contributed by atoms with Gasteiger partial charge in [-0.25, -0.2) is 0 Å². The van der Waals surface area contributed by atoms with Crippen molar-refractivity contribution in [3.8, 4) is 0 Å². The molecular formula is C17H33NO. The third-order valence-corrected chi connectivity index (χ3v) is 5.17. The number of aliphatic hydroxyl groups is 1. The normalized spacial score (nSPS) is 43.1. The lowest BCUT2D eigenvalue weighted by atomic mass is 9.70. The second-order valence-corrected chi connectivity index (χ2v) is 8.42. The fourth-order valence-corrected chi connectivity index (χ4v) is 4.63. The Labute approximate surface area is 119 Å². The third-order valence-electron chi connectivity index (χ3n) is 5.17. The van der Waals surface area contributed by atoms with Crippen molar-refractivity contribution in [2.45, 2.75) is 84.3 Å². The number of hydrogen-bond donors (Lipinski definition) is 2. The lowest BCUT2D eigenvalue weighted by Gasteiger charge is -2.42. The summed E-state index contributed by atoms with van der Waals surface area (Å²) in [6, 6.07) is 0.597. The summed E-state index contributed by atoms with van der Waals surface area (Å²) in [6.07, 6.45) is 8.30. The van der Waals surface area contributed by atoms with Gasteiger partial charge >= 0.3 is 0 Å². The van der Waals surface area contributed by atoms with E-state index in [-0.39, 0.29) is 0 Å². The zero-order valence-electron chi connectivity index (χ0n) is 13.3. The highest BCUT2D eigenvalue weighted by atomic mass is 16.3. The van der Waals surface area contributed by atoms with E-state index in [0.29, 0.717) is 17.4 Å². The van der Waals surface area contributed by atoms with Gasteiger partial charge in [0.05, 0.1) is 5.60 Å². The van der Waals surface area contributed by atoms with E-state index in [0.717, 1.165) is 25.3 Å². The van der Waals surface area contributed by atoms with E-state index in [1.54, 1.807) is 0 Å². The zero-order valence-corrected chi connectivity index (χ0v) is 13.3. The van der Waals surface area contributed by atoms with E-state index in [1.807, 2.05) is 0 Å². The summed E-state index contributed by atoms with van der Waals surface area (Å²) in [5.41, 5.74) is 0.0142. The van der Waals surface area contributed by atoms with Crippen LogP contribution in [0, 0.1) is 17.3 Å². The predicted octanol–water partition coefficient (Wildman–Crippen LogP) is 3.73. The highest BCUT2D eigenvalue weighted by molar-refractivity contribution is 4.91. The molecule has 2 N–H and O–H groups in total. The molecule has 4 unspecified atom stereocenters. The van der Waals surface area contributed by atoms with Crippen LogP contribution in [-0.2, 0) is 0 Å². The molecule has 2 nitrogen and oxygen atoms in total. The van der Waals surface area contributed by atoms with Crippen LogP contribution in [0.2, 0.25) is 0 Å². The minimum Gasteiger partial charge on any atom is -0.389 e. The Morgan fingerprint density at radius 1 is 1.11 bits per heavy atom. The zero-order chi connectivity index (χ0) is 14.1. The topological polar surface area (TPSA) is 32.3 Å². The van der Waals surface area contributed by atoms with Crippen LogP contribution in [0.3, 0.4) is 0 Å². The van der Waals surface area contributed by atoms with Crippen molar-refractivity contribution in [3.63, 3.8) is 0 Å². The Balaban J connectivity index is 1.84. The first-order valence-corrected chi connectivity index (χ1v) is 8.24. The maximum Gasteiger partial charge on any atom is 0.0774 e.